The van der Waals surface area contributed by atoms with Crippen LogP contribution in [0.3, 0.4) is 0 Å². The van der Waals surface area contributed by atoms with Crippen LogP contribution in [-0.4, -0.2) is 9.79 Å². The van der Waals surface area contributed by atoms with E-state index in [9.17, 15) is 4.57 Å². The molecule has 0 radical (unpaired) electrons. The number of nitrogens with zero attached hydrogens (tertiary/aromatic N) is 2. The number of para-hydroxylation sites is 1. The number of rotatable bonds is 4. The van der Waals surface area contributed by atoms with Gasteiger partial charge in [-0.25, -0.2) is 4.57 Å². The Balaban J connectivity index is 2.26. The summed E-state index contributed by atoms with van der Waals surface area (Å²) in [5, 5.41) is 7.88. The first-order chi connectivity index (χ1) is 9.04. The lowest BCUT2D eigenvalue weighted by Gasteiger charge is -2.07. The van der Waals surface area contributed by atoms with Crippen molar-refractivity contribution < 1.29 is 18.9 Å². The second-order valence-corrected chi connectivity index (χ2v) is 4.75. The molecule has 2 rings (SSSR count). The molecule has 0 bridgehead atoms. The number of azo groups is 1. The number of phosphoric acid groups is 1. The smallest absolute Gasteiger partial charge is 0.402 e. The Hall–Kier alpha value is -2.01. The third-order valence-electron chi connectivity index (χ3n) is 2.11. The van der Waals surface area contributed by atoms with Crippen molar-refractivity contribution in [3.05, 3.63) is 54.6 Å². The second-order valence-electron chi connectivity index (χ2n) is 3.59. The van der Waals surface area contributed by atoms with Gasteiger partial charge in [-0.05, 0) is 24.3 Å². The maximum absolute atomic E-state index is 10.8. The zero-order chi connectivity index (χ0) is 13.7. The Labute approximate surface area is 109 Å². The van der Waals surface area contributed by atoms with Crippen molar-refractivity contribution in [1.82, 2.24) is 0 Å². The van der Waals surface area contributed by atoms with Crippen LogP contribution < -0.4 is 4.52 Å². The molecule has 6 nitrogen and oxygen atoms in total. The quantitative estimate of drug-likeness (QED) is 0.660. The highest BCUT2D eigenvalue weighted by atomic mass is 31.2. The number of hydrogen-bond acceptors (Lipinski definition) is 4. The van der Waals surface area contributed by atoms with E-state index in [2.05, 4.69) is 14.8 Å². The molecular formula is C12H11N2O4P. The van der Waals surface area contributed by atoms with Gasteiger partial charge in [0.1, 0.15) is 5.69 Å². The maximum Gasteiger partial charge on any atom is 0.524 e. The first-order valence-corrected chi connectivity index (χ1v) is 6.88. The van der Waals surface area contributed by atoms with Crippen LogP contribution in [-0.2, 0) is 4.57 Å². The van der Waals surface area contributed by atoms with Gasteiger partial charge >= 0.3 is 7.82 Å². The van der Waals surface area contributed by atoms with Crippen LogP contribution >= 0.6 is 7.82 Å². The van der Waals surface area contributed by atoms with Crippen LogP contribution in [0.1, 0.15) is 0 Å². The van der Waals surface area contributed by atoms with E-state index in [4.69, 9.17) is 9.79 Å². The third kappa shape index (κ3) is 4.30. The van der Waals surface area contributed by atoms with Gasteiger partial charge in [0, 0.05) is 0 Å². The third-order valence-corrected chi connectivity index (χ3v) is 2.55. The predicted octanol–water partition coefficient (Wildman–Crippen LogP) is 3.57. The van der Waals surface area contributed by atoms with Crippen molar-refractivity contribution in [3.63, 3.8) is 0 Å². The van der Waals surface area contributed by atoms with E-state index in [0.29, 0.717) is 5.69 Å². The maximum atomic E-state index is 10.8. The lowest BCUT2D eigenvalue weighted by molar-refractivity contribution is 0.283. The summed E-state index contributed by atoms with van der Waals surface area (Å²) in [6.07, 6.45) is 0. The van der Waals surface area contributed by atoms with Crippen molar-refractivity contribution in [2.45, 2.75) is 0 Å². The molecule has 7 heteroatoms. The van der Waals surface area contributed by atoms with Gasteiger partial charge in [-0.2, -0.15) is 5.11 Å². The molecule has 2 aromatic rings. The summed E-state index contributed by atoms with van der Waals surface area (Å²) in [4.78, 5) is 17.6. The molecule has 0 atom stereocenters. The van der Waals surface area contributed by atoms with Crippen LogP contribution in [0.25, 0.3) is 0 Å². The first-order valence-electron chi connectivity index (χ1n) is 5.35. The summed E-state index contributed by atoms with van der Waals surface area (Å²) in [5.41, 5.74) is 0.878. The number of hydrogen-bond donors (Lipinski definition) is 2. The van der Waals surface area contributed by atoms with Gasteiger partial charge in [0.2, 0.25) is 0 Å². The zero-order valence-electron chi connectivity index (χ0n) is 9.75. The van der Waals surface area contributed by atoms with Gasteiger partial charge < -0.3 is 4.52 Å². The van der Waals surface area contributed by atoms with Crippen LogP contribution in [0.5, 0.6) is 5.75 Å². The van der Waals surface area contributed by atoms with Crippen LogP contribution in [0.2, 0.25) is 0 Å². The van der Waals surface area contributed by atoms with Gasteiger partial charge in [0.25, 0.3) is 0 Å². The second kappa shape index (κ2) is 5.75. The minimum absolute atomic E-state index is 0.0180. The fraction of sp³-hybridized carbons (Fsp3) is 0. The highest BCUT2D eigenvalue weighted by Gasteiger charge is 2.17. The molecule has 0 heterocycles. The number of phosphoric ester groups is 1. The summed E-state index contributed by atoms with van der Waals surface area (Å²) in [6, 6.07) is 15.2. The first kappa shape index (κ1) is 13.4. The van der Waals surface area contributed by atoms with Crippen LogP contribution in [0.4, 0.5) is 11.4 Å². The van der Waals surface area contributed by atoms with Gasteiger partial charge in [0.05, 0.1) is 5.69 Å². The van der Waals surface area contributed by atoms with E-state index >= 15 is 0 Å². The molecule has 2 aromatic carbocycles. The molecule has 0 spiro atoms. The molecule has 2 N–H and O–H groups in total. The predicted molar refractivity (Wildman–Crippen MR) is 69.7 cm³/mol. The summed E-state index contributed by atoms with van der Waals surface area (Å²) in [7, 11) is -4.61. The van der Waals surface area contributed by atoms with Crippen molar-refractivity contribution in [3.8, 4) is 5.75 Å². The van der Waals surface area contributed by atoms with Crippen LogP contribution in [0, 0.1) is 0 Å². The van der Waals surface area contributed by atoms with E-state index in [-0.39, 0.29) is 11.4 Å². The van der Waals surface area contributed by atoms with Crippen molar-refractivity contribution in [2.75, 3.05) is 0 Å². The molecule has 0 fully saturated rings. The van der Waals surface area contributed by atoms with Gasteiger partial charge in [-0.1, -0.05) is 30.3 Å². The summed E-state index contributed by atoms with van der Waals surface area (Å²) < 4.78 is 15.4. The van der Waals surface area contributed by atoms with Crippen LogP contribution in [0.15, 0.2) is 64.8 Å². The average molecular weight is 278 g/mol. The molecule has 19 heavy (non-hydrogen) atoms. The van der Waals surface area contributed by atoms with Crippen molar-refractivity contribution in [2.24, 2.45) is 10.2 Å². The fourth-order valence-corrected chi connectivity index (χ4v) is 1.76. The van der Waals surface area contributed by atoms with Gasteiger partial charge in [-0.3, -0.25) is 9.79 Å². The molecule has 0 amide bonds. The topological polar surface area (TPSA) is 91.5 Å². The minimum atomic E-state index is -4.61. The number of benzene rings is 2. The fourth-order valence-electron chi connectivity index (χ4n) is 1.35. The Morgan fingerprint density at radius 1 is 0.895 bits per heavy atom. The van der Waals surface area contributed by atoms with Gasteiger partial charge in [-0.15, -0.1) is 5.11 Å². The van der Waals surface area contributed by atoms with E-state index in [1.165, 1.54) is 6.07 Å². The zero-order valence-corrected chi connectivity index (χ0v) is 10.6. The largest absolute Gasteiger partial charge is 0.524 e. The molecule has 0 saturated carbocycles. The molecule has 0 aromatic heterocycles. The Morgan fingerprint density at radius 2 is 1.53 bits per heavy atom. The summed E-state index contributed by atoms with van der Waals surface area (Å²) >= 11 is 0. The van der Waals surface area contributed by atoms with E-state index in [1.807, 2.05) is 18.2 Å². The minimum Gasteiger partial charge on any atom is -0.402 e. The Kier molecular flexibility index (Phi) is 4.06. The molecule has 0 saturated heterocycles. The molecule has 0 aliphatic heterocycles. The lowest BCUT2D eigenvalue weighted by Crippen LogP contribution is -1.89. The van der Waals surface area contributed by atoms with E-state index < -0.39 is 7.82 Å². The molecule has 0 aliphatic rings. The monoisotopic (exact) mass is 278 g/mol. The standard InChI is InChI=1S/C12H11N2O4P/c15-19(16,17)18-12-9-5-4-8-11(12)14-13-10-6-2-1-3-7-10/h1-9H,(H2,15,16,17). The molecular weight excluding hydrogens is 267 g/mol. The highest BCUT2D eigenvalue weighted by Crippen LogP contribution is 2.42. The van der Waals surface area contributed by atoms with E-state index in [1.54, 1.807) is 30.3 Å². The molecule has 0 aliphatic carbocycles. The molecule has 98 valence electrons. The lowest BCUT2D eigenvalue weighted by atomic mass is 10.3. The SMILES string of the molecule is O=P(O)(O)Oc1ccccc1N=Nc1ccccc1. The normalized spacial score (nSPS) is 11.7. The highest BCUT2D eigenvalue weighted by molar-refractivity contribution is 7.46. The average Bonchev–Trinajstić information content (AvgIpc) is 2.37. The summed E-state index contributed by atoms with van der Waals surface area (Å²) in [6.45, 7) is 0. The Morgan fingerprint density at radius 3 is 2.21 bits per heavy atom. The van der Waals surface area contributed by atoms with E-state index in [0.717, 1.165) is 0 Å². The van der Waals surface area contributed by atoms with Gasteiger partial charge in [0.15, 0.2) is 5.75 Å². The Bertz CT molecular complexity index is 625. The van der Waals surface area contributed by atoms with Crippen molar-refractivity contribution >= 4 is 19.2 Å². The summed E-state index contributed by atoms with van der Waals surface area (Å²) in [5.74, 6) is -0.0180. The van der Waals surface area contributed by atoms with Crippen molar-refractivity contribution in [1.29, 1.82) is 0 Å². The molecule has 0 unspecified atom stereocenters.